The van der Waals surface area contributed by atoms with Crippen LogP contribution in [0.5, 0.6) is 5.88 Å². The van der Waals surface area contributed by atoms with E-state index in [-0.39, 0.29) is 12.1 Å². The van der Waals surface area contributed by atoms with E-state index in [1.54, 1.807) is 23.4 Å². The van der Waals surface area contributed by atoms with E-state index in [2.05, 4.69) is 25.6 Å². The lowest BCUT2D eigenvalue weighted by Gasteiger charge is -2.32. The van der Waals surface area contributed by atoms with Crippen molar-refractivity contribution < 1.29 is 9.53 Å². The maximum atomic E-state index is 13.3. The molecule has 0 aromatic carbocycles. The van der Waals surface area contributed by atoms with Crippen molar-refractivity contribution in [3.63, 3.8) is 0 Å². The number of ether oxygens (including phenoxy) is 1. The Bertz CT molecular complexity index is 1030. The molecule has 0 aliphatic carbocycles. The highest BCUT2D eigenvalue weighted by Gasteiger charge is 2.28. The summed E-state index contributed by atoms with van der Waals surface area (Å²) >= 11 is 0. The van der Waals surface area contributed by atoms with Gasteiger partial charge in [-0.25, -0.2) is 19.7 Å². The molecule has 1 aliphatic rings. The zero-order valence-electron chi connectivity index (χ0n) is 16.9. The first-order valence-electron chi connectivity index (χ1n) is 9.77. The Morgan fingerprint density at radius 3 is 3.00 bits per heavy atom. The Balaban J connectivity index is 1.71. The average Bonchev–Trinajstić information content (AvgIpc) is 2.77. The lowest BCUT2D eigenvalue weighted by molar-refractivity contribution is 0.254. The van der Waals surface area contributed by atoms with Crippen LogP contribution in [0.3, 0.4) is 0 Å². The van der Waals surface area contributed by atoms with E-state index in [0.717, 1.165) is 36.3 Å². The number of methoxy groups -OCH3 is 1. The van der Waals surface area contributed by atoms with Crippen LogP contribution in [0, 0.1) is 0 Å². The number of nitrogens with zero attached hydrogens (tertiary/aromatic N) is 5. The fourth-order valence-corrected chi connectivity index (χ4v) is 3.39. The van der Waals surface area contributed by atoms with Gasteiger partial charge in [-0.3, -0.25) is 15.2 Å². The largest absolute Gasteiger partial charge is 0.481 e. The maximum Gasteiger partial charge on any atom is 0.328 e. The van der Waals surface area contributed by atoms with E-state index >= 15 is 0 Å². The van der Waals surface area contributed by atoms with Gasteiger partial charge in [-0.15, -0.1) is 0 Å². The van der Waals surface area contributed by atoms with E-state index < -0.39 is 0 Å². The smallest absolute Gasteiger partial charge is 0.328 e. The predicted molar refractivity (Wildman–Crippen MR) is 115 cm³/mol. The molecule has 0 saturated carbocycles. The van der Waals surface area contributed by atoms with Crippen LogP contribution in [0.2, 0.25) is 0 Å². The van der Waals surface area contributed by atoms with Gasteiger partial charge in [0.15, 0.2) is 5.82 Å². The Morgan fingerprint density at radius 1 is 1.30 bits per heavy atom. The van der Waals surface area contributed by atoms with Gasteiger partial charge < -0.3 is 10.1 Å². The van der Waals surface area contributed by atoms with Crippen molar-refractivity contribution in [2.45, 2.75) is 25.8 Å². The van der Waals surface area contributed by atoms with E-state index in [1.807, 2.05) is 31.2 Å². The number of pyridine rings is 2. The molecular formula is C21H23N7O2. The lowest BCUT2D eigenvalue weighted by atomic mass is 10.1. The van der Waals surface area contributed by atoms with Crippen LogP contribution in [0.1, 0.15) is 19.8 Å². The lowest BCUT2D eigenvalue weighted by Crippen LogP contribution is -2.43. The number of fused-ring (bicyclic) bond motifs is 1. The fraction of sp³-hybridized carbons (Fsp3) is 0.286. The Hall–Kier alpha value is -3.75. The number of hydrogen-bond acceptors (Lipinski definition) is 7. The van der Waals surface area contributed by atoms with Crippen LogP contribution in [-0.2, 0) is 0 Å². The number of anilines is 3. The van der Waals surface area contributed by atoms with Crippen molar-refractivity contribution in [1.29, 1.82) is 0 Å². The van der Waals surface area contributed by atoms with Gasteiger partial charge in [0, 0.05) is 36.6 Å². The number of hydrogen-bond donors (Lipinski definition) is 2. The SMILES string of the molecule is COc1cc(NC(=O)N2c3nc(-c4cccnc4)ccc3NCCC[C@H]2C)ncn1. The normalized spacial score (nSPS) is 15.9. The summed E-state index contributed by atoms with van der Waals surface area (Å²) in [6.07, 6.45) is 6.60. The van der Waals surface area contributed by atoms with Gasteiger partial charge in [0.1, 0.15) is 12.1 Å². The molecule has 0 fully saturated rings. The molecule has 0 unspecified atom stereocenters. The number of rotatable bonds is 3. The van der Waals surface area contributed by atoms with Crippen molar-refractivity contribution in [2.75, 3.05) is 29.2 Å². The van der Waals surface area contributed by atoms with Crippen LogP contribution < -0.4 is 20.3 Å². The van der Waals surface area contributed by atoms with Gasteiger partial charge in [0.05, 0.1) is 18.5 Å². The number of aromatic nitrogens is 4. The van der Waals surface area contributed by atoms with Crippen molar-refractivity contribution in [3.8, 4) is 17.1 Å². The first kappa shape index (κ1) is 19.6. The first-order valence-corrected chi connectivity index (χ1v) is 9.77. The summed E-state index contributed by atoms with van der Waals surface area (Å²) in [5.74, 6) is 1.31. The minimum Gasteiger partial charge on any atom is -0.481 e. The second-order valence-corrected chi connectivity index (χ2v) is 6.97. The third-order valence-corrected chi connectivity index (χ3v) is 4.92. The summed E-state index contributed by atoms with van der Waals surface area (Å²) in [6, 6.07) is 8.90. The molecule has 4 rings (SSSR count). The van der Waals surface area contributed by atoms with Gasteiger partial charge in [-0.1, -0.05) is 0 Å². The summed E-state index contributed by atoms with van der Waals surface area (Å²) < 4.78 is 5.12. The van der Waals surface area contributed by atoms with Gasteiger partial charge in [0.2, 0.25) is 5.88 Å². The summed E-state index contributed by atoms with van der Waals surface area (Å²) in [7, 11) is 1.51. The molecule has 0 radical (unpaired) electrons. The second kappa shape index (κ2) is 8.73. The van der Waals surface area contributed by atoms with E-state index in [9.17, 15) is 4.79 Å². The van der Waals surface area contributed by atoms with Crippen molar-refractivity contribution in [2.24, 2.45) is 0 Å². The highest BCUT2D eigenvalue weighted by atomic mass is 16.5. The minimum atomic E-state index is -0.316. The molecule has 3 aromatic heterocycles. The third-order valence-electron chi connectivity index (χ3n) is 4.92. The van der Waals surface area contributed by atoms with Crippen LogP contribution in [0.25, 0.3) is 11.3 Å². The number of urea groups is 1. The molecule has 9 heteroatoms. The molecule has 0 bridgehead atoms. The maximum absolute atomic E-state index is 13.3. The Morgan fingerprint density at radius 2 is 2.20 bits per heavy atom. The Labute approximate surface area is 174 Å². The molecule has 0 saturated heterocycles. The molecule has 9 nitrogen and oxygen atoms in total. The van der Waals surface area contributed by atoms with Gasteiger partial charge in [-0.2, -0.15) is 0 Å². The molecule has 2 N–H and O–H groups in total. The number of amides is 2. The summed E-state index contributed by atoms with van der Waals surface area (Å²) in [5, 5.41) is 6.23. The monoisotopic (exact) mass is 405 g/mol. The average molecular weight is 405 g/mol. The standard InChI is InChI=1S/C21H23N7O2/c1-14-5-3-10-23-17-8-7-16(15-6-4-9-22-12-15)26-20(17)28(14)21(29)27-18-11-19(30-2)25-13-24-18/h4,6-9,11-14,23H,3,5,10H2,1-2H3,(H,24,25,27,29)/t14-/m1/s1. The Kier molecular flexibility index (Phi) is 5.69. The van der Waals surface area contributed by atoms with Crippen LogP contribution in [0.4, 0.5) is 22.1 Å². The molecule has 3 aromatic rings. The zero-order chi connectivity index (χ0) is 20.9. The topological polar surface area (TPSA) is 105 Å². The molecule has 154 valence electrons. The molecule has 2 amide bonds. The predicted octanol–water partition coefficient (Wildman–Crippen LogP) is 3.57. The molecule has 4 heterocycles. The van der Waals surface area contributed by atoms with E-state index in [4.69, 9.17) is 9.72 Å². The molecule has 0 spiro atoms. The van der Waals surface area contributed by atoms with Crippen molar-refractivity contribution in [1.82, 2.24) is 19.9 Å². The second-order valence-electron chi connectivity index (χ2n) is 6.97. The van der Waals surface area contributed by atoms with Gasteiger partial charge in [0.25, 0.3) is 0 Å². The molecule has 30 heavy (non-hydrogen) atoms. The highest BCUT2D eigenvalue weighted by Crippen LogP contribution is 2.32. The number of carbonyl (C=O) groups is 1. The summed E-state index contributed by atoms with van der Waals surface area (Å²) in [5.41, 5.74) is 2.44. The third kappa shape index (κ3) is 4.14. The highest BCUT2D eigenvalue weighted by molar-refractivity contribution is 6.03. The van der Waals surface area contributed by atoms with Crippen LogP contribution >= 0.6 is 0 Å². The van der Waals surface area contributed by atoms with Gasteiger partial charge in [-0.05, 0) is 44.0 Å². The summed E-state index contributed by atoms with van der Waals surface area (Å²) in [4.78, 5) is 32.0. The minimum absolute atomic E-state index is 0.0498. The van der Waals surface area contributed by atoms with Gasteiger partial charge >= 0.3 is 6.03 Å². The van der Waals surface area contributed by atoms with Crippen LogP contribution in [0.15, 0.2) is 49.1 Å². The van der Waals surface area contributed by atoms with Crippen LogP contribution in [-0.4, -0.2) is 45.7 Å². The molecular weight excluding hydrogens is 382 g/mol. The molecule has 1 aliphatic heterocycles. The van der Waals surface area contributed by atoms with Crippen molar-refractivity contribution in [3.05, 3.63) is 49.1 Å². The van der Waals surface area contributed by atoms with Crippen molar-refractivity contribution >= 4 is 23.4 Å². The number of nitrogens with one attached hydrogen (secondary N) is 2. The first-order chi connectivity index (χ1) is 14.7. The zero-order valence-corrected chi connectivity index (χ0v) is 16.9. The molecule has 1 atom stereocenters. The number of carbonyl (C=O) groups excluding carboxylic acids is 1. The van der Waals surface area contributed by atoms with E-state index in [1.165, 1.54) is 13.4 Å². The quantitative estimate of drug-likeness (QED) is 0.686. The summed E-state index contributed by atoms with van der Waals surface area (Å²) in [6.45, 7) is 2.84. The fourth-order valence-electron chi connectivity index (χ4n) is 3.39. The van der Waals surface area contributed by atoms with E-state index in [0.29, 0.717) is 17.5 Å².